The lowest BCUT2D eigenvalue weighted by atomic mass is 10.1. The number of hydroxylamine groups is 2. The second kappa shape index (κ2) is 5.84. The Morgan fingerprint density at radius 3 is 2.20 bits per heavy atom. The summed E-state index contributed by atoms with van der Waals surface area (Å²) < 4.78 is 0.701. The molecule has 0 saturated carbocycles. The van der Waals surface area contributed by atoms with Gasteiger partial charge in [-0.2, -0.15) is 0 Å². The molecule has 0 fully saturated rings. The van der Waals surface area contributed by atoms with Crippen LogP contribution in [0.3, 0.4) is 0 Å². The number of benzene rings is 2. The third kappa shape index (κ3) is 2.41. The molecule has 0 spiro atoms. The number of nitrogens with zero attached hydrogens (tertiary/aromatic N) is 1. The Bertz CT molecular complexity index is 1040. The molecule has 0 saturated heterocycles. The fourth-order valence-corrected chi connectivity index (χ4v) is 4.40. The lowest BCUT2D eigenvalue weighted by Gasteiger charge is -2.11. The standard InChI is InChI=1S/C17H7Cl2NO4S/c18-10-6-3-7-11-12(10)13(19)14(25-11)17(23)24-20-15(21)8-4-1-2-5-9(8)16(20)22/h1-7H. The first kappa shape index (κ1) is 16.1. The number of imide groups is 1. The molecular formula is C17H7Cl2NO4S. The van der Waals surface area contributed by atoms with Crippen molar-refractivity contribution in [3.8, 4) is 0 Å². The second-order valence-electron chi connectivity index (χ2n) is 5.19. The molecule has 2 heterocycles. The zero-order valence-electron chi connectivity index (χ0n) is 12.3. The first-order valence-electron chi connectivity index (χ1n) is 7.05. The van der Waals surface area contributed by atoms with Gasteiger partial charge in [-0.05, 0) is 24.3 Å². The molecule has 2 amide bonds. The Balaban J connectivity index is 1.68. The normalized spacial score (nSPS) is 13.4. The van der Waals surface area contributed by atoms with Crippen molar-refractivity contribution in [1.82, 2.24) is 5.06 Å². The molecule has 124 valence electrons. The maximum absolute atomic E-state index is 12.5. The summed E-state index contributed by atoms with van der Waals surface area (Å²) in [5, 5.41) is 1.52. The first-order valence-corrected chi connectivity index (χ1v) is 8.63. The average Bonchev–Trinajstić information content (AvgIpc) is 3.07. The summed E-state index contributed by atoms with van der Waals surface area (Å²) >= 11 is 13.4. The van der Waals surface area contributed by atoms with E-state index in [4.69, 9.17) is 28.0 Å². The van der Waals surface area contributed by atoms with Crippen LogP contribution in [-0.2, 0) is 4.84 Å². The van der Waals surface area contributed by atoms with Crippen molar-refractivity contribution < 1.29 is 19.2 Å². The van der Waals surface area contributed by atoms with Crippen LogP contribution in [0.1, 0.15) is 30.4 Å². The highest BCUT2D eigenvalue weighted by Gasteiger charge is 2.39. The zero-order valence-corrected chi connectivity index (χ0v) is 14.6. The van der Waals surface area contributed by atoms with E-state index in [2.05, 4.69) is 0 Å². The fraction of sp³-hybridized carbons (Fsp3) is 0. The van der Waals surface area contributed by atoms with Crippen LogP contribution in [0.4, 0.5) is 0 Å². The fourth-order valence-electron chi connectivity index (χ4n) is 2.58. The van der Waals surface area contributed by atoms with Crippen LogP contribution in [0.15, 0.2) is 42.5 Å². The van der Waals surface area contributed by atoms with E-state index < -0.39 is 17.8 Å². The smallest absolute Gasteiger partial charge is 0.323 e. The van der Waals surface area contributed by atoms with Gasteiger partial charge in [0.2, 0.25) is 0 Å². The minimum Gasteiger partial charge on any atom is -0.323 e. The number of hydrogen-bond donors (Lipinski definition) is 0. The Labute approximate surface area is 155 Å². The predicted molar refractivity (Wildman–Crippen MR) is 94.2 cm³/mol. The Hall–Kier alpha value is -2.41. The molecule has 0 unspecified atom stereocenters. The number of halogens is 2. The quantitative estimate of drug-likeness (QED) is 0.599. The highest BCUT2D eigenvalue weighted by atomic mass is 35.5. The van der Waals surface area contributed by atoms with Crippen LogP contribution in [0.25, 0.3) is 10.1 Å². The summed E-state index contributed by atoms with van der Waals surface area (Å²) in [5.74, 6) is -2.27. The van der Waals surface area contributed by atoms with Crippen molar-refractivity contribution in [2.45, 2.75) is 0 Å². The summed E-state index contributed by atoms with van der Waals surface area (Å²) in [4.78, 5) is 42.1. The van der Waals surface area contributed by atoms with Crippen molar-refractivity contribution >= 4 is 62.4 Å². The molecule has 0 aliphatic carbocycles. The van der Waals surface area contributed by atoms with Crippen LogP contribution in [-0.4, -0.2) is 22.8 Å². The molecule has 0 bridgehead atoms. The molecule has 3 aromatic rings. The molecule has 1 aliphatic heterocycles. The molecular weight excluding hydrogens is 385 g/mol. The largest absolute Gasteiger partial charge is 0.375 e. The van der Waals surface area contributed by atoms with Crippen LogP contribution < -0.4 is 0 Å². The molecule has 5 nitrogen and oxygen atoms in total. The summed E-state index contributed by atoms with van der Waals surface area (Å²) in [6.45, 7) is 0. The Morgan fingerprint density at radius 1 is 0.960 bits per heavy atom. The van der Waals surface area contributed by atoms with Crippen LogP contribution in [0.5, 0.6) is 0 Å². The van der Waals surface area contributed by atoms with Gasteiger partial charge in [0, 0.05) is 10.1 Å². The van der Waals surface area contributed by atoms with Gasteiger partial charge in [0.25, 0.3) is 11.8 Å². The van der Waals surface area contributed by atoms with E-state index in [9.17, 15) is 14.4 Å². The van der Waals surface area contributed by atoms with Gasteiger partial charge < -0.3 is 4.84 Å². The third-order valence-electron chi connectivity index (χ3n) is 3.72. The highest BCUT2D eigenvalue weighted by molar-refractivity contribution is 7.21. The topological polar surface area (TPSA) is 63.7 Å². The van der Waals surface area contributed by atoms with Crippen molar-refractivity contribution in [3.05, 3.63) is 68.5 Å². The predicted octanol–water partition coefficient (Wildman–Crippen LogP) is 4.58. The summed E-state index contributed by atoms with van der Waals surface area (Å²) in [6.07, 6.45) is 0. The van der Waals surface area contributed by atoms with E-state index in [1.807, 2.05) is 0 Å². The minimum absolute atomic E-state index is 0.0707. The average molecular weight is 392 g/mol. The Kier molecular flexibility index (Phi) is 3.76. The number of fused-ring (bicyclic) bond motifs is 2. The zero-order chi connectivity index (χ0) is 17.7. The van der Waals surface area contributed by atoms with E-state index in [1.54, 1.807) is 30.3 Å². The maximum Gasteiger partial charge on any atom is 0.375 e. The van der Waals surface area contributed by atoms with Crippen molar-refractivity contribution in [2.75, 3.05) is 0 Å². The summed E-state index contributed by atoms with van der Waals surface area (Å²) in [7, 11) is 0. The van der Waals surface area contributed by atoms with E-state index in [0.717, 1.165) is 11.3 Å². The van der Waals surface area contributed by atoms with Gasteiger partial charge in [-0.3, -0.25) is 9.59 Å². The second-order valence-corrected chi connectivity index (χ2v) is 7.02. The molecule has 25 heavy (non-hydrogen) atoms. The number of thiophene rings is 1. The molecule has 8 heteroatoms. The molecule has 0 N–H and O–H groups in total. The van der Waals surface area contributed by atoms with E-state index in [1.165, 1.54) is 12.1 Å². The number of amides is 2. The van der Waals surface area contributed by atoms with Gasteiger partial charge in [0.05, 0.1) is 21.2 Å². The van der Waals surface area contributed by atoms with Gasteiger partial charge in [-0.15, -0.1) is 11.3 Å². The van der Waals surface area contributed by atoms with Gasteiger partial charge in [-0.25, -0.2) is 4.79 Å². The van der Waals surface area contributed by atoms with E-state index in [-0.39, 0.29) is 21.0 Å². The van der Waals surface area contributed by atoms with Crippen LogP contribution in [0.2, 0.25) is 10.0 Å². The third-order valence-corrected chi connectivity index (χ3v) is 5.66. The van der Waals surface area contributed by atoms with E-state index >= 15 is 0 Å². The summed E-state index contributed by atoms with van der Waals surface area (Å²) in [6, 6.07) is 11.4. The molecule has 0 radical (unpaired) electrons. The van der Waals surface area contributed by atoms with Crippen molar-refractivity contribution in [1.29, 1.82) is 0 Å². The summed E-state index contributed by atoms with van der Waals surface area (Å²) in [5.41, 5.74) is 0.372. The minimum atomic E-state index is -0.892. The monoisotopic (exact) mass is 391 g/mol. The van der Waals surface area contributed by atoms with Gasteiger partial charge in [-0.1, -0.05) is 46.5 Å². The lowest BCUT2D eigenvalue weighted by Crippen LogP contribution is -2.32. The van der Waals surface area contributed by atoms with Crippen molar-refractivity contribution in [2.24, 2.45) is 0 Å². The van der Waals surface area contributed by atoms with E-state index in [0.29, 0.717) is 20.2 Å². The number of hydrogen-bond acceptors (Lipinski definition) is 5. The maximum atomic E-state index is 12.5. The highest BCUT2D eigenvalue weighted by Crippen LogP contribution is 2.40. The molecule has 2 aromatic carbocycles. The molecule has 1 aromatic heterocycles. The SMILES string of the molecule is O=C(ON1C(=O)c2ccccc2C1=O)c1sc2cccc(Cl)c2c1Cl. The van der Waals surface area contributed by atoms with Gasteiger partial charge >= 0.3 is 5.97 Å². The number of rotatable bonds is 2. The van der Waals surface area contributed by atoms with Gasteiger partial charge in [0.1, 0.15) is 4.88 Å². The van der Waals surface area contributed by atoms with Gasteiger partial charge in [0.15, 0.2) is 0 Å². The molecule has 1 aliphatic rings. The first-order chi connectivity index (χ1) is 12.0. The lowest BCUT2D eigenvalue weighted by molar-refractivity contribution is -0.0581. The van der Waals surface area contributed by atoms with Crippen LogP contribution >= 0.6 is 34.5 Å². The molecule has 4 rings (SSSR count). The van der Waals surface area contributed by atoms with Crippen LogP contribution in [0, 0.1) is 0 Å². The molecule has 0 atom stereocenters. The number of carbonyl (C=O) groups excluding carboxylic acids is 3. The Morgan fingerprint density at radius 2 is 1.60 bits per heavy atom. The number of carbonyl (C=O) groups is 3. The van der Waals surface area contributed by atoms with Crippen molar-refractivity contribution in [3.63, 3.8) is 0 Å².